The Labute approximate surface area is 80.7 Å². The van der Waals surface area contributed by atoms with Gasteiger partial charge in [0.25, 0.3) is 0 Å². The van der Waals surface area contributed by atoms with Crippen LogP contribution in [-0.4, -0.2) is 11.5 Å². The molecule has 0 aromatic rings. The molecule has 0 aliphatic carbocycles. The van der Waals surface area contributed by atoms with Crippen LogP contribution in [-0.2, 0) is 0 Å². The van der Waals surface area contributed by atoms with Crippen molar-refractivity contribution in [2.45, 2.75) is 31.9 Å². The van der Waals surface area contributed by atoms with Gasteiger partial charge in [-0.25, -0.2) is 0 Å². The molecule has 0 fully saturated rings. The number of nitrogens with zero attached hydrogens (tertiary/aromatic N) is 1. The zero-order valence-electron chi connectivity index (χ0n) is 7.77. The summed E-state index contributed by atoms with van der Waals surface area (Å²) < 4.78 is 0. The number of hydrogen-bond donors (Lipinski definition) is 1. The first kappa shape index (κ1) is 11.5. The van der Waals surface area contributed by atoms with Gasteiger partial charge in [0.05, 0.1) is 0 Å². The zero-order chi connectivity index (χ0) is 9.23. The average molecular weight is 183 g/mol. The fourth-order valence-electron chi connectivity index (χ4n) is 0.666. The van der Waals surface area contributed by atoms with Crippen LogP contribution in [0.1, 0.15) is 26.7 Å². The number of aliphatic imine (C=N–C) groups is 1. The SMILES string of the molecule is CC=NC=CC=CCC(S)CC. The van der Waals surface area contributed by atoms with Gasteiger partial charge in [-0.15, -0.1) is 0 Å². The highest BCUT2D eigenvalue weighted by atomic mass is 32.1. The number of allylic oxidation sites excluding steroid dienone is 3. The van der Waals surface area contributed by atoms with Gasteiger partial charge in [-0.3, -0.25) is 4.99 Å². The van der Waals surface area contributed by atoms with E-state index in [-0.39, 0.29) is 0 Å². The molecule has 0 radical (unpaired) electrons. The van der Waals surface area contributed by atoms with Gasteiger partial charge in [0, 0.05) is 17.7 Å². The Morgan fingerprint density at radius 2 is 2.17 bits per heavy atom. The number of hydrogen-bond acceptors (Lipinski definition) is 2. The maximum Gasteiger partial charge on any atom is 0.0263 e. The highest BCUT2D eigenvalue weighted by molar-refractivity contribution is 7.80. The van der Waals surface area contributed by atoms with E-state index < -0.39 is 0 Å². The topological polar surface area (TPSA) is 12.4 Å². The van der Waals surface area contributed by atoms with Crippen molar-refractivity contribution >= 4 is 18.8 Å². The molecule has 1 unspecified atom stereocenters. The Morgan fingerprint density at radius 1 is 1.42 bits per heavy atom. The zero-order valence-corrected chi connectivity index (χ0v) is 8.67. The normalized spacial score (nSPS) is 15.2. The molecule has 0 spiro atoms. The molecule has 0 rings (SSSR count). The molecule has 0 saturated carbocycles. The molecule has 0 aromatic carbocycles. The van der Waals surface area contributed by atoms with Crippen molar-refractivity contribution in [3.8, 4) is 0 Å². The molecule has 0 aliphatic rings. The summed E-state index contributed by atoms with van der Waals surface area (Å²) in [6.45, 7) is 4.04. The highest BCUT2D eigenvalue weighted by Crippen LogP contribution is 2.05. The van der Waals surface area contributed by atoms with Crippen molar-refractivity contribution < 1.29 is 0 Å². The van der Waals surface area contributed by atoms with Crippen LogP contribution in [0.15, 0.2) is 29.4 Å². The summed E-state index contributed by atoms with van der Waals surface area (Å²) in [6, 6.07) is 0. The third-order valence-electron chi connectivity index (χ3n) is 1.45. The number of thiol groups is 1. The molecule has 0 N–H and O–H groups in total. The molecular weight excluding hydrogens is 166 g/mol. The monoisotopic (exact) mass is 183 g/mol. The third-order valence-corrected chi connectivity index (χ3v) is 2.02. The Morgan fingerprint density at radius 3 is 2.75 bits per heavy atom. The molecule has 68 valence electrons. The van der Waals surface area contributed by atoms with Crippen LogP contribution in [0.3, 0.4) is 0 Å². The molecule has 0 aliphatic heterocycles. The van der Waals surface area contributed by atoms with Crippen LogP contribution < -0.4 is 0 Å². The molecule has 1 nitrogen and oxygen atoms in total. The van der Waals surface area contributed by atoms with Crippen molar-refractivity contribution in [3.63, 3.8) is 0 Å². The smallest absolute Gasteiger partial charge is 0.0263 e. The lowest BCUT2D eigenvalue weighted by Crippen LogP contribution is -1.91. The molecule has 0 saturated heterocycles. The Kier molecular flexibility index (Phi) is 8.24. The predicted molar refractivity (Wildman–Crippen MR) is 60.1 cm³/mol. The summed E-state index contributed by atoms with van der Waals surface area (Å²) >= 11 is 4.37. The van der Waals surface area contributed by atoms with Gasteiger partial charge >= 0.3 is 0 Å². The van der Waals surface area contributed by atoms with E-state index in [4.69, 9.17) is 0 Å². The predicted octanol–water partition coefficient (Wildman–Crippen LogP) is 3.25. The summed E-state index contributed by atoms with van der Waals surface area (Å²) in [6.07, 6.45) is 11.7. The molecule has 0 aromatic heterocycles. The van der Waals surface area contributed by atoms with Gasteiger partial charge in [0.1, 0.15) is 0 Å². The van der Waals surface area contributed by atoms with Crippen molar-refractivity contribution in [2.24, 2.45) is 4.99 Å². The first-order chi connectivity index (χ1) is 5.81. The van der Waals surface area contributed by atoms with Gasteiger partial charge in [0.2, 0.25) is 0 Å². The first-order valence-corrected chi connectivity index (χ1v) is 4.80. The fourth-order valence-corrected chi connectivity index (χ4v) is 0.788. The molecule has 0 heterocycles. The summed E-state index contributed by atoms with van der Waals surface area (Å²) in [5, 5.41) is 0.490. The number of rotatable bonds is 5. The van der Waals surface area contributed by atoms with E-state index in [0.717, 1.165) is 12.8 Å². The minimum Gasteiger partial charge on any atom is -0.269 e. The van der Waals surface area contributed by atoms with E-state index in [1.807, 2.05) is 19.1 Å². The molecule has 0 amide bonds. The highest BCUT2D eigenvalue weighted by Gasteiger charge is 1.92. The second kappa shape index (κ2) is 8.60. The minimum atomic E-state index is 0.490. The summed E-state index contributed by atoms with van der Waals surface area (Å²) in [7, 11) is 0. The average Bonchev–Trinajstić information content (AvgIpc) is 2.10. The van der Waals surface area contributed by atoms with Crippen LogP contribution in [0.5, 0.6) is 0 Å². The van der Waals surface area contributed by atoms with Gasteiger partial charge in [0.15, 0.2) is 0 Å². The third kappa shape index (κ3) is 7.61. The second-order valence-electron chi connectivity index (χ2n) is 2.47. The van der Waals surface area contributed by atoms with E-state index in [9.17, 15) is 0 Å². The Hall–Kier alpha value is -0.500. The summed E-state index contributed by atoms with van der Waals surface area (Å²) in [4.78, 5) is 3.93. The van der Waals surface area contributed by atoms with Crippen LogP contribution >= 0.6 is 12.6 Å². The van der Waals surface area contributed by atoms with Crippen molar-refractivity contribution in [1.29, 1.82) is 0 Å². The standard InChI is InChI=1S/C10H17NS/c1-3-10(12)8-6-5-7-9-11-4-2/h4-7,9-10,12H,3,8H2,1-2H3. The quantitative estimate of drug-likeness (QED) is 0.381. The van der Waals surface area contributed by atoms with E-state index in [1.165, 1.54) is 0 Å². The molecule has 12 heavy (non-hydrogen) atoms. The second-order valence-corrected chi connectivity index (χ2v) is 3.21. The molecule has 2 heteroatoms. The van der Waals surface area contributed by atoms with Crippen LogP contribution in [0, 0.1) is 0 Å². The lowest BCUT2D eigenvalue weighted by molar-refractivity contribution is 0.842. The van der Waals surface area contributed by atoms with Crippen molar-refractivity contribution in [2.75, 3.05) is 0 Å². The van der Waals surface area contributed by atoms with Crippen LogP contribution in [0.2, 0.25) is 0 Å². The molecular formula is C10H17NS. The maximum absolute atomic E-state index is 4.37. The van der Waals surface area contributed by atoms with Crippen LogP contribution in [0.25, 0.3) is 0 Å². The van der Waals surface area contributed by atoms with E-state index in [2.05, 4.69) is 30.6 Å². The lowest BCUT2D eigenvalue weighted by Gasteiger charge is -2.00. The van der Waals surface area contributed by atoms with Gasteiger partial charge in [-0.1, -0.05) is 19.1 Å². The Bertz CT molecular complexity index is 171. The van der Waals surface area contributed by atoms with Gasteiger partial charge in [-0.05, 0) is 25.8 Å². The van der Waals surface area contributed by atoms with Gasteiger partial charge in [-0.2, -0.15) is 12.6 Å². The largest absolute Gasteiger partial charge is 0.269 e. The Balaban J connectivity index is 3.49. The van der Waals surface area contributed by atoms with Gasteiger partial charge < -0.3 is 0 Å². The van der Waals surface area contributed by atoms with E-state index in [0.29, 0.717) is 5.25 Å². The van der Waals surface area contributed by atoms with Crippen molar-refractivity contribution in [1.82, 2.24) is 0 Å². The van der Waals surface area contributed by atoms with E-state index >= 15 is 0 Å². The summed E-state index contributed by atoms with van der Waals surface area (Å²) in [5.41, 5.74) is 0. The van der Waals surface area contributed by atoms with E-state index in [1.54, 1.807) is 12.4 Å². The lowest BCUT2D eigenvalue weighted by atomic mass is 10.2. The molecule has 0 bridgehead atoms. The molecule has 1 atom stereocenters. The van der Waals surface area contributed by atoms with Crippen molar-refractivity contribution in [3.05, 3.63) is 24.4 Å². The minimum absolute atomic E-state index is 0.490. The first-order valence-electron chi connectivity index (χ1n) is 4.28. The van der Waals surface area contributed by atoms with Crippen LogP contribution in [0.4, 0.5) is 0 Å². The fraction of sp³-hybridized carbons (Fsp3) is 0.500. The summed E-state index contributed by atoms with van der Waals surface area (Å²) in [5.74, 6) is 0. The maximum atomic E-state index is 4.37.